The average Bonchev–Trinajstić information content (AvgIpc) is 2.59. The molecule has 0 aliphatic heterocycles. The van der Waals surface area contributed by atoms with Crippen molar-refractivity contribution in [3.8, 4) is 0 Å². The fraction of sp³-hybridized carbons (Fsp3) is 0.714. The molecule has 1 rings (SSSR count). The molecule has 0 unspecified atom stereocenters. The summed E-state index contributed by atoms with van der Waals surface area (Å²) in [4.78, 5) is 11.1. The van der Waals surface area contributed by atoms with Crippen LogP contribution in [0, 0.1) is 21.8 Å². The van der Waals surface area contributed by atoms with E-state index in [2.05, 4.69) is 41.5 Å². The normalized spacial score (nSPS) is 14.7. The third-order valence-corrected chi connectivity index (χ3v) is 12.0. The van der Waals surface area contributed by atoms with Gasteiger partial charge >= 0.3 is 0 Å². The first-order chi connectivity index (χ1) is 13.1. The highest BCUT2D eigenvalue weighted by Crippen LogP contribution is 2.43. The standard InChI is InChI=1S/C21H36FNO4Si/c1-15(2)28(16(3)4,17(5)6)27-14-19(13-23(25)26)21(11-12-24)18-7-9-20(22)10-8-18/h7-10,15-17,19,21,24H,11-14H2,1-6H3/t19-,21-/m0/s1. The third kappa shape index (κ3) is 6.09. The van der Waals surface area contributed by atoms with E-state index in [-0.39, 0.29) is 42.3 Å². The van der Waals surface area contributed by atoms with Crippen LogP contribution in [0.25, 0.3) is 0 Å². The predicted molar refractivity (Wildman–Crippen MR) is 113 cm³/mol. The number of benzene rings is 1. The SMILES string of the molecule is CC(C)[Si](OC[C@H](C[N+](=O)[O-])[C@@H](CCO)c1ccc(F)cc1)(C(C)C)C(C)C. The second-order valence-electron chi connectivity index (χ2n) is 8.57. The molecule has 0 aliphatic carbocycles. The zero-order valence-corrected chi connectivity index (χ0v) is 19.0. The van der Waals surface area contributed by atoms with E-state index >= 15 is 0 Å². The number of aliphatic hydroxyl groups is 1. The zero-order valence-electron chi connectivity index (χ0n) is 18.0. The quantitative estimate of drug-likeness (QED) is 0.284. The summed E-state index contributed by atoms with van der Waals surface area (Å²) in [5.41, 5.74) is 1.94. The Kier molecular flexibility index (Phi) is 9.73. The van der Waals surface area contributed by atoms with Gasteiger partial charge in [0.15, 0.2) is 8.32 Å². The molecule has 0 saturated heterocycles. The van der Waals surface area contributed by atoms with Crippen molar-refractivity contribution < 1.29 is 18.8 Å². The number of hydrogen-bond acceptors (Lipinski definition) is 4. The van der Waals surface area contributed by atoms with Gasteiger partial charge in [-0.3, -0.25) is 10.1 Å². The molecule has 0 heterocycles. The van der Waals surface area contributed by atoms with Crippen LogP contribution in [0.15, 0.2) is 24.3 Å². The maximum Gasteiger partial charge on any atom is 0.209 e. The van der Waals surface area contributed by atoms with Crippen LogP contribution in [0.2, 0.25) is 16.6 Å². The summed E-state index contributed by atoms with van der Waals surface area (Å²) in [6.07, 6.45) is 0.382. The monoisotopic (exact) mass is 413 g/mol. The average molecular weight is 414 g/mol. The van der Waals surface area contributed by atoms with E-state index in [0.717, 1.165) is 5.56 Å². The maximum atomic E-state index is 13.3. The van der Waals surface area contributed by atoms with Crippen molar-refractivity contribution in [2.45, 2.75) is 70.5 Å². The second-order valence-corrected chi connectivity index (χ2v) is 14.0. The van der Waals surface area contributed by atoms with Gasteiger partial charge in [-0.1, -0.05) is 53.7 Å². The number of aliphatic hydroxyl groups excluding tert-OH is 1. The number of rotatable bonds is 12. The van der Waals surface area contributed by atoms with E-state index in [1.807, 2.05) is 0 Å². The highest BCUT2D eigenvalue weighted by Gasteiger charge is 2.46. The van der Waals surface area contributed by atoms with Crippen LogP contribution in [-0.4, -0.2) is 38.1 Å². The summed E-state index contributed by atoms with van der Waals surface area (Å²) < 4.78 is 20.0. The Morgan fingerprint density at radius 1 is 1.07 bits per heavy atom. The largest absolute Gasteiger partial charge is 0.415 e. The summed E-state index contributed by atoms with van der Waals surface area (Å²) >= 11 is 0. The van der Waals surface area contributed by atoms with Crippen molar-refractivity contribution in [3.05, 3.63) is 45.8 Å². The first kappa shape index (κ1) is 24.7. The molecule has 0 amide bonds. The van der Waals surface area contributed by atoms with E-state index in [0.29, 0.717) is 23.0 Å². The van der Waals surface area contributed by atoms with Crippen molar-refractivity contribution in [1.29, 1.82) is 0 Å². The molecule has 0 fully saturated rings. The Labute approximate surface area is 169 Å². The molecule has 1 aromatic rings. The van der Waals surface area contributed by atoms with Gasteiger partial charge in [-0.05, 0) is 46.7 Å². The summed E-state index contributed by atoms with van der Waals surface area (Å²) in [7, 11) is -2.17. The summed E-state index contributed by atoms with van der Waals surface area (Å²) in [5.74, 6) is -0.982. The van der Waals surface area contributed by atoms with Crippen molar-refractivity contribution in [1.82, 2.24) is 0 Å². The van der Waals surface area contributed by atoms with Crippen LogP contribution in [0.3, 0.4) is 0 Å². The molecule has 0 saturated carbocycles. The van der Waals surface area contributed by atoms with Crippen LogP contribution < -0.4 is 0 Å². The molecule has 7 heteroatoms. The molecular weight excluding hydrogens is 377 g/mol. The minimum Gasteiger partial charge on any atom is -0.415 e. The molecule has 0 bridgehead atoms. The minimum atomic E-state index is -2.17. The number of nitrogens with zero attached hydrogens (tertiary/aromatic N) is 1. The molecule has 28 heavy (non-hydrogen) atoms. The van der Waals surface area contributed by atoms with Gasteiger partial charge < -0.3 is 9.53 Å². The van der Waals surface area contributed by atoms with Gasteiger partial charge in [0.25, 0.3) is 0 Å². The Bertz CT molecular complexity index is 585. The van der Waals surface area contributed by atoms with Gasteiger partial charge in [0.2, 0.25) is 6.54 Å². The Balaban J connectivity index is 3.20. The summed E-state index contributed by atoms with van der Waals surface area (Å²) in [6, 6.07) is 6.03. The molecule has 1 aromatic carbocycles. The second kappa shape index (κ2) is 11.0. The predicted octanol–water partition coefficient (Wildman–Crippen LogP) is 5.38. The lowest BCUT2D eigenvalue weighted by Crippen LogP contribution is -2.49. The van der Waals surface area contributed by atoms with Gasteiger partial charge in [-0.25, -0.2) is 4.39 Å². The molecule has 160 valence electrons. The highest BCUT2D eigenvalue weighted by atomic mass is 28.4. The van der Waals surface area contributed by atoms with Crippen LogP contribution in [-0.2, 0) is 4.43 Å². The first-order valence-corrected chi connectivity index (χ1v) is 12.3. The topological polar surface area (TPSA) is 72.6 Å². The lowest BCUT2D eigenvalue weighted by atomic mass is 9.84. The van der Waals surface area contributed by atoms with Gasteiger partial charge in [0.05, 0.1) is 5.92 Å². The lowest BCUT2D eigenvalue weighted by molar-refractivity contribution is -0.489. The third-order valence-electron chi connectivity index (χ3n) is 5.95. The summed E-state index contributed by atoms with van der Waals surface area (Å²) in [6.45, 7) is 13.0. The van der Waals surface area contributed by atoms with Crippen LogP contribution >= 0.6 is 0 Å². The fourth-order valence-electron chi connectivity index (χ4n) is 4.76. The van der Waals surface area contributed by atoms with E-state index < -0.39 is 8.32 Å². The smallest absolute Gasteiger partial charge is 0.209 e. The molecule has 0 radical (unpaired) electrons. The van der Waals surface area contributed by atoms with Gasteiger partial charge in [-0.2, -0.15) is 0 Å². The van der Waals surface area contributed by atoms with E-state index in [1.54, 1.807) is 12.1 Å². The van der Waals surface area contributed by atoms with Crippen LogP contribution in [0.5, 0.6) is 0 Å². The minimum absolute atomic E-state index is 0.0859. The van der Waals surface area contributed by atoms with E-state index in [1.165, 1.54) is 12.1 Å². The molecule has 2 atom stereocenters. The van der Waals surface area contributed by atoms with Gasteiger partial charge in [0.1, 0.15) is 5.82 Å². The van der Waals surface area contributed by atoms with E-state index in [4.69, 9.17) is 4.43 Å². The summed E-state index contributed by atoms with van der Waals surface area (Å²) in [5, 5.41) is 20.9. The number of nitro groups is 1. The first-order valence-electron chi connectivity index (χ1n) is 10.2. The molecular formula is C21H36FNO4Si. The Morgan fingerprint density at radius 3 is 1.96 bits per heavy atom. The lowest BCUT2D eigenvalue weighted by Gasteiger charge is -2.43. The number of halogens is 1. The fourth-order valence-corrected chi connectivity index (χ4v) is 10.3. The van der Waals surface area contributed by atoms with Gasteiger partial charge in [0, 0.05) is 18.1 Å². The molecule has 5 nitrogen and oxygen atoms in total. The molecule has 0 aliphatic rings. The maximum absolute atomic E-state index is 13.3. The number of hydrogen-bond donors (Lipinski definition) is 1. The van der Waals surface area contributed by atoms with E-state index in [9.17, 15) is 19.6 Å². The Morgan fingerprint density at radius 2 is 1.57 bits per heavy atom. The molecule has 1 N–H and O–H groups in total. The zero-order chi connectivity index (χ0) is 21.5. The van der Waals surface area contributed by atoms with Crippen molar-refractivity contribution in [2.75, 3.05) is 19.8 Å². The van der Waals surface area contributed by atoms with Crippen LogP contribution in [0.4, 0.5) is 4.39 Å². The van der Waals surface area contributed by atoms with Crippen molar-refractivity contribution in [3.63, 3.8) is 0 Å². The molecule has 0 spiro atoms. The Hall–Kier alpha value is -1.31. The van der Waals surface area contributed by atoms with Gasteiger partial charge in [-0.15, -0.1) is 0 Å². The van der Waals surface area contributed by atoms with Crippen molar-refractivity contribution in [2.24, 2.45) is 5.92 Å². The molecule has 0 aromatic heterocycles. The van der Waals surface area contributed by atoms with Crippen molar-refractivity contribution >= 4 is 8.32 Å². The highest BCUT2D eigenvalue weighted by molar-refractivity contribution is 6.77. The van der Waals surface area contributed by atoms with Crippen LogP contribution in [0.1, 0.15) is 59.4 Å².